The molecule has 3 aliphatic heterocycles. The van der Waals surface area contributed by atoms with E-state index in [1.807, 2.05) is 44.5 Å². The highest BCUT2D eigenvalue weighted by Crippen LogP contribution is 2.42. The lowest BCUT2D eigenvalue weighted by atomic mass is 9.85. The Bertz CT molecular complexity index is 1620. The van der Waals surface area contributed by atoms with Crippen LogP contribution in [0.4, 0.5) is 9.18 Å². The largest absolute Gasteiger partial charge is 0.345 e. The number of urea groups is 1. The molecular weight excluding hydrogens is 487 g/mol. The molecular formula is C28H27FN6O3. The van der Waals surface area contributed by atoms with Gasteiger partial charge in [0.15, 0.2) is 0 Å². The quantitative estimate of drug-likeness (QED) is 0.415. The summed E-state index contributed by atoms with van der Waals surface area (Å²) in [4.78, 5) is 47.7. The summed E-state index contributed by atoms with van der Waals surface area (Å²) < 4.78 is 18.9. The van der Waals surface area contributed by atoms with Crippen LogP contribution in [0.3, 0.4) is 0 Å². The highest BCUT2D eigenvalue weighted by molar-refractivity contribution is 6.11. The van der Waals surface area contributed by atoms with E-state index in [-0.39, 0.29) is 6.03 Å². The summed E-state index contributed by atoms with van der Waals surface area (Å²) in [6, 6.07) is 8.45. The van der Waals surface area contributed by atoms with Crippen LogP contribution in [0.25, 0.3) is 16.6 Å². The number of piperidine rings is 1. The summed E-state index contributed by atoms with van der Waals surface area (Å²) >= 11 is 0. The van der Waals surface area contributed by atoms with Gasteiger partial charge in [-0.05, 0) is 54.7 Å². The average molecular weight is 515 g/mol. The number of rotatable bonds is 2. The molecule has 38 heavy (non-hydrogen) atoms. The maximum atomic E-state index is 15.0. The van der Waals surface area contributed by atoms with Crippen LogP contribution in [0.2, 0.25) is 0 Å². The number of amides is 4. The fraction of sp³-hybridized carbons (Fsp3) is 0.357. The van der Waals surface area contributed by atoms with Gasteiger partial charge in [0.1, 0.15) is 11.5 Å². The van der Waals surface area contributed by atoms with Gasteiger partial charge in [-0.2, -0.15) is 0 Å². The lowest BCUT2D eigenvalue weighted by molar-refractivity contribution is -0.125. The second-order valence-corrected chi connectivity index (χ2v) is 10.4. The highest BCUT2D eigenvalue weighted by Gasteiger charge is 2.46. The van der Waals surface area contributed by atoms with E-state index >= 15 is 4.39 Å². The van der Waals surface area contributed by atoms with E-state index in [2.05, 4.69) is 10.3 Å². The number of pyridine rings is 1. The summed E-state index contributed by atoms with van der Waals surface area (Å²) in [6.45, 7) is 2.78. The monoisotopic (exact) mass is 514 g/mol. The molecule has 9 nitrogen and oxygen atoms in total. The molecule has 10 heteroatoms. The number of halogens is 1. The van der Waals surface area contributed by atoms with E-state index in [9.17, 15) is 14.4 Å². The van der Waals surface area contributed by atoms with E-state index in [0.717, 1.165) is 37.9 Å². The van der Waals surface area contributed by atoms with Gasteiger partial charge in [0.25, 0.3) is 0 Å². The Morgan fingerprint density at radius 2 is 1.79 bits per heavy atom. The Hall–Kier alpha value is -4.21. The van der Waals surface area contributed by atoms with Gasteiger partial charge >= 0.3 is 6.03 Å². The molecule has 0 bridgehead atoms. The van der Waals surface area contributed by atoms with Gasteiger partial charge in [0.2, 0.25) is 11.8 Å². The zero-order valence-electron chi connectivity index (χ0n) is 20.8. The van der Waals surface area contributed by atoms with Crippen molar-refractivity contribution in [1.82, 2.24) is 29.1 Å². The Morgan fingerprint density at radius 1 is 0.974 bits per heavy atom. The van der Waals surface area contributed by atoms with Crippen LogP contribution in [0.5, 0.6) is 0 Å². The van der Waals surface area contributed by atoms with Crippen LogP contribution in [-0.4, -0.2) is 61.2 Å². The van der Waals surface area contributed by atoms with E-state index in [4.69, 9.17) is 0 Å². The molecule has 2 fully saturated rings. The molecule has 2 saturated heterocycles. The van der Waals surface area contributed by atoms with E-state index < -0.39 is 29.5 Å². The summed E-state index contributed by atoms with van der Waals surface area (Å²) in [7, 11) is 0. The molecule has 0 aliphatic carbocycles. The second kappa shape index (κ2) is 8.68. The number of carbonyl (C=O) groups excluding carboxylic acids is 3. The maximum Gasteiger partial charge on any atom is 0.320 e. The third-order valence-corrected chi connectivity index (χ3v) is 8.16. The van der Waals surface area contributed by atoms with Crippen molar-refractivity contribution in [3.8, 4) is 0 Å². The Kier molecular flexibility index (Phi) is 5.24. The first kappa shape index (κ1) is 22.9. The molecule has 4 aromatic rings. The van der Waals surface area contributed by atoms with Crippen molar-refractivity contribution < 1.29 is 18.8 Å². The van der Waals surface area contributed by atoms with Crippen LogP contribution in [0.1, 0.15) is 47.9 Å². The summed E-state index contributed by atoms with van der Waals surface area (Å²) in [5.74, 6) is -2.87. The number of aromatic nitrogens is 3. The number of likely N-dealkylation sites (tertiary alicyclic amines) is 1. The molecule has 194 valence electrons. The van der Waals surface area contributed by atoms with Crippen LogP contribution < -0.4 is 5.32 Å². The van der Waals surface area contributed by atoms with Crippen molar-refractivity contribution in [1.29, 1.82) is 0 Å². The van der Waals surface area contributed by atoms with E-state index in [1.165, 1.54) is 12.1 Å². The van der Waals surface area contributed by atoms with Crippen LogP contribution >= 0.6 is 0 Å². The second-order valence-electron chi connectivity index (χ2n) is 10.4. The fourth-order valence-electron chi connectivity index (χ4n) is 6.41. The van der Waals surface area contributed by atoms with Crippen molar-refractivity contribution >= 4 is 34.4 Å². The van der Waals surface area contributed by atoms with Gasteiger partial charge in [0.05, 0.1) is 29.2 Å². The molecule has 1 aromatic carbocycles. The molecule has 0 saturated carbocycles. The van der Waals surface area contributed by atoms with Crippen molar-refractivity contribution in [3.05, 3.63) is 71.6 Å². The maximum absolute atomic E-state index is 15.0. The molecule has 3 aromatic heterocycles. The average Bonchev–Trinajstić information content (AvgIpc) is 3.54. The lowest BCUT2D eigenvalue weighted by Gasteiger charge is -2.32. The Labute approximate surface area is 217 Å². The lowest BCUT2D eigenvalue weighted by Crippen LogP contribution is -2.45. The summed E-state index contributed by atoms with van der Waals surface area (Å²) in [5, 5.41) is 3.09. The van der Waals surface area contributed by atoms with E-state index in [0.29, 0.717) is 47.5 Å². The van der Waals surface area contributed by atoms with Crippen LogP contribution in [0, 0.1) is 5.82 Å². The number of imide groups is 1. The molecule has 0 radical (unpaired) electrons. The van der Waals surface area contributed by atoms with Crippen LogP contribution in [-0.2, 0) is 22.7 Å². The number of carbonyl (C=O) groups is 3. The van der Waals surface area contributed by atoms with Gasteiger partial charge in [-0.3, -0.25) is 14.9 Å². The van der Waals surface area contributed by atoms with Gasteiger partial charge in [-0.1, -0.05) is 6.07 Å². The molecule has 2 unspecified atom stereocenters. The number of hydrogen-bond donors (Lipinski definition) is 1. The van der Waals surface area contributed by atoms with Crippen molar-refractivity contribution in [3.63, 3.8) is 0 Å². The number of imidazole rings is 1. The molecule has 6 heterocycles. The SMILES string of the molecule is O=C1NC(=O)C(c2cnc3ccccn23)C1c1cn2c3c(cc(F)cc13)CN(C(=O)N1CCCCC1)CC2. The van der Waals surface area contributed by atoms with Gasteiger partial charge in [0, 0.05) is 50.5 Å². The molecule has 3 aliphatic rings. The predicted octanol–water partition coefficient (Wildman–Crippen LogP) is 3.37. The fourth-order valence-corrected chi connectivity index (χ4v) is 6.41. The Morgan fingerprint density at radius 3 is 2.63 bits per heavy atom. The number of fused-ring (bicyclic) bond motifs is 1. The summed E-state index contributed by atoms with van der Waals surface area (Å²) in [6.07, 6.45) is 8.45. The van der Waals surface area contributed by atoms with Crippen molar-refractivity contribution in [2.75, 3.05) is 19.6 Å². The number of hydrogen-bond acceptors (Lipinski definition) is 4. The molecule has 7 rings (SSSR count). The minimum atomic E-state index is -0.827. The minimum absolute atomic E-state index is 0.0125. The van der Waals surface area contributed by atoms with Gasteiger partial charge in [-0.15, -0.1) is 0 Å². The first-order valence-electron chi connectivity index (χ1n) is 13.1. The van der Waals surface area contributed by atoms with Crippen molar-refractivity contribution in [2.45, 2.75) is 44.2 Å². The molecule has 4 amide bonds. The minimum Gasteiger partial charge on any atom is -0.345 e. The zero-order valence-corrected chi connectivity index (χ0v) is 20.8. The van der Waals surface area contributed by atoms with Crippen LogP contribution in [0.15, 0.2) is 48.9 Å². The van der Waals surface area contributed by atoms with Crippen molar-refractivity contribution in [2.24, 2.45) is 0 Å². The molecule has 2 atom stereocenters. The first-order valence-corrected chi connectivity index (χ1v) is 13.1. The molecule has 0 spiro atoms. The topological polar surface area (TPSA) is 92.0 Å². The first-order chi connectivity index (χ1) is 18.5. The zero-order chi connectivity index (χ0) is 26.0. The highest BCUT2D eigenvalue weighted by atomic mass is 19.1. The Balaban J connectivity index is 1.31. The number of benzene rings is 1. The number of nitrogens with zero attached hydrogens (tertiary/aromatic N) is 5. The predicted molar refractivity (Wildman–Crippen MR) is 137 cm³/mol. The number of nitrogens with one attached hydrogen (secondary N) is 1. The third kappa shape index (κ3) is 3.50. The smallest absolute Gasteiger partial charge is 0.320 e. The third-order valence-electron chi connectivity index (χ3n) is 8.16. The van der Waals surface area contributed by atoms with Gasteiger partial charge < -0.3 is 18.8 Å². The normalized spacial score (nSPS) is 21.8. The van der Waals surface area contributed by atoms with E-state index in [1.54, 1.807) is 11.1 Å². The van der Waals surface area contributed by atoms with Gasteiger partial charge in [-0.25, -0.2) is 14.2 Å². The molecule has 1 N–H and O–H groups in total. The standard InChI is InChI=1S/C28H27FN6O3/c29-18-12-17-15-34(28(38)32-7-3-1-4-8-32)11-10-33-16-20(19(13-18)25(17)33)23-24(27(37)31-26(23)36)21-14-30-22-6-2-5-9-35(21)22/h2,5-6,9,12-14,16,23-24H,1,3-4,7-8,10-11,15H2,(H,31,36,37). The summed E-state index contributed by atoms with van der Waals surface area (Å²) in [5.41, 5.74) is 3.40.